The van der Waals surface area contributed by atoms with Gasteiger partial charge in [0.2, 0.25) is 5.91 Å². The Hall–Kier alpha value is -4.04. The molecule has 1 fully saturated rings. The van der Waals surface area contributed by atoms with Crippen LogP contribution in [0.25, 0.3) is 17.0 Å². The highest BCUT2D eigenvalue weighted by molar-refractivity contribution is 7.80. The van der Waals surface area contributed by atoms with Gasteiger partial charge in [-0.05, 0) is 45.0 Å². The molecule has 3 aromatic rings. The Morgan fingerprint density at radius 1 is 1.36 bits per heavy atom. The Labute approximate surface area is 231 Å². The summed E-state index contributed by atoms with van der Waals surface area (Å²) in [5.74, 6) is -1.92. The fraction of sp³-hybridized carbons (Fsp3) is 0.321. The average molecular weight is 553 g/mol. The van der Waals surface area contributed by atoms with Gasteiger partial charge in [-0.3, -0.25) is 19.6 Å². The molecule has 3 N–H and O–H groups in total. The number of alkyl halides is 1. The van der Waals surface area contributed by atoms with Gasteiger partial charge in [-0.25, -0.2) is 8.78 Å². The lowest BCUT2D eigenvalue weighted by atomic mass is 10.0. The summed E-state index contributed by atoms with van der Waals surface area (Å²) in [5, 5.41) is 14.9. The van der Waals surface area contributed by atoms with Gasteiger partial charge in [0.15, 0.2) is 0 Å². The summed E-state index contributed by atoms with van der Waals surface area (Å²) >= 11 is 4.37. The number of benzene rings is 1. The van der Waals surface area contributed by atoms with Gasteiger partial charge in [0, 0.05) is 28.6 Å². The molecule has 0 aliphatic heterocycles. The van der Waals surface area contributed by atoms with Crippen molar-refractivity contribution in [1.29, 1.82) is 5.26 Å². The highest BCUT2D eigenvalue weighted by Gasteiger charge is 2.36. The molecule has 0 radical (unpaired) electrons. The summed E-state index contributed by atoms with van der Waals surface area (Å²) in [4.78, 5) is 36.0. The standard InChI is InChI=1S/C24H23FN6O2S.C4H7F/c1-4-15-16(11-28-12-20(15)27-3)19(10-26)30-23(32)13(2)8-21(34)31-24(33)18-9-14-6-5-7-17(25)22(14)29-18;1-4(5)2-3-4/h4-7,9,11-13,19,21,29,34H,1,3,8H2,2H3,(H,30,32)(H,31,33);2-3H2,1H3. The number of pyridine rings is 1. The van der Waals surface area contributed by atoms with Crippen LogP contribution in [0.2, 0.25) is 0 Å². The van der Waals surface area contributed by atoms with E-state index in [4.69, 9.17) is 0 Å². The van der Waals surface area contributed by atoms with Gasteiger partial charge >= 0.3 is 0 Å². The van der Waals surface area contributed by atoms with E-state index in [-0.39, 0.29) is 17.6 Å². The van der Waals surface area contributed by atoms with E-state index in [0.717, 1.165) is 12.8 Å². The maximum absolute atomic E-state index is 13.9. The molecule has 0 saturated heterocycles. The molecule has 4 rings (SSSR count). The molecule has 204 valence electrons. The molecule has 2 heterocycles. The van der Waals surface area contributed by atoms with Gasteiger partial charge in [0.1, 0.15) is 23.2 Å². The first kappa shape index (κ1) is 29.5. The second-order valence-electron chi connectivity index (χ2n) is 9.52. The summed E-state index contributed by atoms with van der Waals surface area (Å²) in [6.45, 7) is 10.5. The van der Waals surface area contributed by atoms with E-state index < -0.39 is 40.6 Å². The molecule has 39 heavy (non-hydrogen) atoms. The fourth-order valence-corrected chi connectivity index (χ4v) is 4.09. The molecule has 1 saturated carbocycles. The number of H-pyrrole nitrogens is 1. The number of hydrogen-bond donors (Lipinski definition) is 4. The van der Waals surface area contributed by atoms with Crippen LogP contribution in [0.5, 0.6) is 0 Å². The zero-order chi connectivity index (χ0) is 28.7. The molecule has 1 aliphatic carbocycles. The number of para-hydroxylation sites is 1. The Kier molecular flexibility index (Phi) is 9.59. The monoisotopic (exact) mass is 552 g/mol. The first-order valence-electron chi connectivity index (χ1n) is 12.2. The number of rotatable bonds is 9. The molecule has 0 spiro atoms. The van der Waals surface area contributed by atoms with Crippen molar-refractivity contribution in [3.8, 4) is 6.07 Å². The van der Waals surface area contributed by atoms with E-state index >= 15 is 0 Å². The normalized spacial score (nSPS) is 15.5. The maximum Gasteiger partial charge on any atom is 0.268 e. The Balaban J connectivity index is 0.000000753. The van der Waals surface area contributed by atoms with Gasteiger partial charge in [0.25, 0.3) is 5.91 Å². The molecule has 1 aliphatic rings. The smallest absolute Gasteiger partial charge is 0.268 e. The van der Waals surface area contributed by atoms with Crippen molar-refractivity contribution in [2.24, 2.45) is 10.9 Å². The van der Waals surface area contributed by atoms with Gasteiger partial charge < -0.3 is 15.6 Å². The third-order valence-electron chi connectivity index (χ3n) is 6.21. The number of nitrogens with one attached hydrogen (secondary N) is 3. The number of carbonyl (C=O) groups excluding carboxylic acids is 2. The van der Waals surface area contributed by atoms with Crippen molar-refractivity contribution < 1.29 is 18.4 Å². The van der Waals surface area contributed by atoms with Gasteiger partial charge in [0.05, 0.1) is 28.8 Å². The Morgan fingerprint density at radius 3 is 2.62 bits per heavy atom. The topological polar surface area (TPSA) is 123 Å². The number of halogens is 2. The quantitative estimate of drug-likeness (QED) is 0.157. The van der Waals surface area contributed by atoms with Crippen LogP contribution >= 0.6 is 12.6 Å². The van der Waals surface area contributed by atoms with E-state index in [9.17, 15) is 23.6 Å². The van der Waals surface area contributed by atoms with Crippen molar-refractivity contribution >= 4 is 53.8 Å². The average Bonchev–Trinajstić information content (AvgIpc) is 3.42. The van der Waals surface area contributed by atoms with Crippen LogP contribution in [0, 0.1) is 23.1 Å². The van der Waals surface area contributed by atoms with Gasteiger partial charge in [-0.1, -0.05) is 31.7 Å². The van der Waals surface area contributed by atoms with Crippen molar-refractivity contribution in [1.82, 2.24) is 20.6 Å². The minimum absolute atomic E-state index is 0.181. The molecule has 0 bridgehead atoms. The number of hydrogen-bond acceptors (Lipinski definition) is 6. The zero-order valence-corrected chi connectivity index (χ0v) is 22.6. The minimum atomic E-state index is -0.980. The lowest BCUT2D eigenvalue weighted by Gasteiger charge is -2.20. The molecule has 2 amide bonds. The van der Waals surface area contributed by atoms with E-state index in [1.165, 1.54) is 24.5 Å². The second-order valence-corrected chi connectivity index (χ2v) is 10.1. The number of aromatic nitrogens is 2. The largest absolute Gasteiger partial charge is 0.348 e. The van der Waals surface area contributed by atoms with Crippen molar-refractivity contribution in [3.63, 3.8) is 0 Å². The second kappa shape index (κ2) is 12.7. The number of thiol groups is 1. The van der Waals surface area contributed by atoms with Crippen LogP contribution in [0.3, 0.4) is 0 Å². The molecule has 1 aromatic carbocycles. The Bertz CT molecular complexity index is 1430. The third kappa shape index (κ3) is 7.74. The number of nitriles is 1. The SMILES string of the molecule is C=Cc1c(N=C)cncc1C(C#N)NC(=O)C(C)CC(S)NC(=O)c1cc2cccc(F)c2[nH]1.CC1(F)CC1. The number of aliphatic imine (C=N–C) groups is 1. The van der Waals surface area contributed by atoms with E-state index in [2.05, 4.69) is 51.5 Å². The van der Waals surface area contributed by atoms with Crippen LogP contribution < -0.4 is 10.6 Å². The fourth-order valence-electron chi connectivity index (χ4n) is 3.66. The molecular formula is C28H30F2N6O2S. The maximum atomic E-state index is 13.9. The zero-order valence-electron chi connectivity index (χ0n) is 21.7. The summed E-state index contributed by atoms with van der Waals surface area (Å²) < 4.78 is 25.7. The molecular weight excluding hydrogens is 522 g/mol. The predicted octanol–water partition coefficient (Wildman–Crippen LogP) is 5.58. The number of aromatic amines is 1. The summed E-state index contributed by atoms with van der Waals surface area (Å²) in [6, 6.07) is 7.16. The molecule has 3 unspecified atom stereocenters. The summed E-state index contributed by atoms with van der Waals surface area (Å²) in [6.07, 6.45) is 6.24. The molecule has 11 heteroatoms. The third-order valence-corrected chi connectivity index (χ3v) is 6.55. The van der Waals surface area contributed by atoms with Crippen LogP contribution in [0.4, 0.5) is 14.5 Å². The van der Waals surface area contributed by atoms with Crippen molar-refractivity contribution in [3.05, 3.63) is 65.9 Å². The van der Waals surface area contributed by atoms with Crippen LogP contribution in [-0.4, -0.2) is 39.5 Å². The lowest BCUT2D eigenvalue weighted by molar-refractivity contribution is -0.125. The molecule has 8 nitrogen and oxygen atoms in total. The predicted molar refractivity (Wildman–Crippen MR) is 151 cm³/mol. The number of nitrogens with zero attached hydrogens (tertiary/aromatic N) is 3. The highest BCUT2D eigenvalue weighted by Crippen LogP contribution is 2.38. The van der Waals surface area contributed by atoms with E-state index in [1.807, 2.05) is 6.07 Å². The van der Waals surface area contributed by atoms with Gasteiger partial charge in [-0.2, -0.15) is 17.9 Å². The van der Waals surface area contributed by atoms with Gasteiger partial charge in [-0.15, -0.1) is 0 Å². The molecule has 3 atom stereocenters. The number of fused-ring (bicyclic) bond motifs is 1. The Morgan fingerprint density at radius 2 is 2.05 bits per heavy atom. The van der Waals surface area contributed by atoms with E-state index in [0.29, 0.717) is 22.2 Å². The number of amides is 2. The minimum Gasteiger partial charge on any atom is -0.348 e. The first-order chi connectivity index (χ1) is 18.5. The van der Waals surface area contributed by atoms with Crippen LogP contribution in [0.15, 0.2) is 48.2 Å². The van der Waals surface area contributed by atoms with Crippen LogP contribution in [-0.2, 0) is 4.79 Å². The number of carbonyl (C=O) groups is 2. The van der Waals surface area contributed by atoms with Crippen molar-refractivity contribution in [2.45, 2.75) is 50.2 Å². The first-order valence-corrected chi connectivity index (χ1v) is 12.7. The molecule has 2 aromatic heterocycles. The highest BCUT2D eigenvalue weighted by atomic mass is 32.1. The van der Waals surface area contributed by atoms with Crippen molar-refractivity contribution in [2.75, 3.05) is 0 Å². The summed E-state index contributed by atoms with van der Waals surface area (Å²) in [7, 11) is 0. The lowest BCUT2D eigenvalue weighted by Crippen LogP contribution is -2.37. The van der Waals surface area contributed by atoms with Crippen LogP contribution in [0.1, 0.15) is 60.8 Å². The van der Waals surface area contributed by atoms with E-state index in [1.54, 1.807) is 32.0 Å². The summed E-state index contributed by atoms with van der Waals surface area (Å²) in [5.41, 5.74) is 1.12.